The second-order valence-electron chi connectivity index (χ2n) is 6.87. The Hall–Kier alpha value is -2.33. The van der Waals surface area contributed by atoms with E-state index in [9.17, 15) is 9.90 Å². The second kappa shape index (κ2) is 7.92. The maximum Gasteiger partial charge on any atom is 0.354 e. The fourth-order valence-electron chi connectivity index (χ4n) is 3.13. The van der Waals surface area contributed by atoms with Gasteiger partial charge in [-0.25, -0.2) is 9.78 Å². The van der Waals surface area contributed by atoms with Crippen LogP contribution in [0.25, 0.3) is 11.1 Å². The zero-order valence-corrected chi connectivity index (χ0v) is 15.7. The van der Waals surface area contributed by atoms with Gasteiger partial charge < -0.3 is 9.84 Å². The number of benzene rings is 1. The van der Waals surface area contributed by atoms with E-state index in [2.05, 4.69) is 18.8 Å². The molecule has 2 aromatic rings. The molecule has 0 bridgehead atoms. The van der Waals surface area contributed by atoms with E-state index in [1.54, 1.807) is 6.07 Å². The van der Waals surface area contributed by atoms with Crippen LogP contribution in [-0.2, 0) is 0 Å². The predicted octanol–water partition coefficient (Wildman–Crippen LogP) is 5.56. The van der Waals surface area contributed by atoms with Crippen molar-refractivity contribution in [2.75, 3.05) is 6.61 Å². The molecule has 1 N–H and O–H groups in total. The summed E-state index contributed by atoms with van der Waals surface area (Å²) in [5.74, 6) is 0.219. The zero-order chi connectivity index (χ0) is 18.7. The van der Waals surface area contributed by atoms with E-state index in [1.807, 2.05) is 24.3 Å². The number of aromatic carboxylic acids is 1. The second-order valence-corrected chi connectivity index (χ2v) is 7.28. The predicted molar refractivity (Wildman–Crippen MR) is 104 cm³/mol. The molecular weight excluding hydrogens is 350 g/mol. The van der Waals surface area contributed by atoms with E-state index in [4.69, 9.17) is 16.3 Å². The first-order valence-corrected chi connectivity index (χ1v) is 9.19. The van der Waals surface area contributed by atoms with Crippen molar-refractivity contribution >= 4 is 28.7 Å². The Morgan fingerprint density at radius 3 is 2.73 bits per heavy atom. The van der Waals surface area contributed by atoms with Crippen molar-refractivity contribution < 1.29 is 14.6 Å². The summed E-state index contributed by atoms with van der Waals surface area (Å²) in [7, 11) is 0. The number of halogens is 1. The smallest absolute Gasteiger partial charge is 0.354 e. The highest BCUT2D eigenvalue weighted by Crippen LogP contribution is 2.42. The van der Waals surface area contributed by atoms with E-state index in [1.165, 1.54) is 6.07 Å². The standard InChI is InChI=1S/C21H22ClNO3/c1-13(2)12-26-14-9-10-18(22)17(11-14)15-5-3-6-16(15)19-7-4-8-20(23-19)21(24)25/h4,7-11,13H,3,5-6,12H2,1-2H3,(H,24,25). The lowest BCUT2D eigenvalue weighted by Crippen LogP contribution is -2.04. The Balaban J connectivity index is 2.01. The number of carboxylic acid groups (broad SMARTS) is 1. The molecule has 0 unspecified atom stereocenters. The van der Waals surface area contributed by atoms with Crippen molar-refractivity contribution in [2.45, 2.75) is 33.1 Å². The lowest BCUT2D eigenvalue weighted by molar-refractivity contribution is 0.0690. The number of hydrogen-bond donors (Lipinski definition) is 1. The third-order valence-corrected chi connectivity index (χ3v) is 4.67. The summed E-state index contributed by atoms with van der Waals surface area (Å²) >= 11 is 6.47. The molecule has 0 radical (unpaired) electrons. The van der Waals surface area contributed by atoms with Crippen molar-refractivity contribution in [3.63, 3.8) is 0 Å². The van der Waals surface area contributed by atoms with E-state index in [-0.39, 0.29) is 5.69 Å². The first kappa shape index (κ1) is 18.5. The summed E-state index contributed by atoms with van der Waals surface area (Å²) in [5, 5.41) is 9.88. The van der Waals surface area contributed by atoms with Gasteiger partial charge in [0.1, 0.15) is 11.4 Å². The van der Waals surface area contributed by atoms with Gasteiger partial charge in [-0.1, -0.05) is 31.5 Å². The SMILES string of the molecule is CC(C)COc1ccc(Cl)c(C2=C(c3cccc(C(=O)O)n3)CCC2)c1. The van der Waals surface area contributed by atoms with Crippen LogP contribution in [-0.4, -0.2) is 22.7 Å². The van der Waals surface area contributed by atoms with Crippen LogP contribution in [0.2, 0.25) is 5.02 Å². The van der Waals surface area contributed by atoms with Gasteiger partial charge in [0.2, 0.25) is 0 Å². The van der Waals surface area contributed by atoms with Gasteiger partial charge >= 0.3 is 5.97 Å². The number of carboxylic acids is 1. The van der Waals surface area contributed by atoms with Crippen molar-refractivity contribution in [3.8, 4) is 5.75 Å². The molecule has 1 aliphatic rings. The van der Waals surface area contributed by atoms with Gasteiger partial charge in [-0.3, -0.25) is 0 Å². The number of nitrogens with zero attached hydrogens (tertiary/aromatic N) is 1. The topological polar surface area (TPSA) is 59.4 Å². The summed E-state index contributed by atoms with van der Waals surface area (Å²) in [4.78, 5) is 15.5. The first-order valence-electron chi connectivity index (χ1n) is 8.81. The van der Waals surface area contributed by atoms with E-state index >= 15 is 0 Å². The van der Waals surface area contributed by atoms with E-state index in [0.29, 0.717) is 23.2 Å². The third kappa shape index (κ3) is 4.07. The molecule has 3 rings (SSSR count). The van der Waals surface area contributed by atoms with Crippen LogP contribution in [0.1, 0.15) is 54.9 Å². The van der Waals surface area contributed by atoms with E-state index in [0.717, 1.165) is 41.7 Å². The van der Waals surface area contributed by atoms with Gasteiger partial charge in [0.15, 0.2) is 0 Å². The fourth-order valence-corrected chi connectivity index (χ4v) is 3.37. The summed E-state index contributed by atoms with van der Waals surface area (Å²) in [6, 6.07) is 10.8. The minimum absolute atomic E-state index is 0.0568. The Labute approximate surface area is 158 Å². The van der Waals surface area contributed by atoms with E-state index < -0.39 is 5.97 Å². The molecule has 1 aliphatic carbocycles. The highest BCUT2D eigenvalue weighted by molar-refractivity contribution is 6.32. The molecule has 1 heterocycles. The molecule has 0 atom stereocenters. The summed E-state index contributed by atoms with van der Waals surface area (Å²) in [5.41, 5.74) is 3.90. The molecule has 1 aromatic carbocycles. The highest BCUT2D eigenvalue weighted by atomic mass is 35.5. The maximum atomic E-state index is 11.2. The monoisotopic (exact) mass is 371 g/mol. The molecule has 136 valence electrons. The zero-order valence-electron chi connectivity index (χ0n) is 15.0. The molecule has 0 saturated carbocycles. The Morgan fingerprint density at radius 1 is 1.23 bits per heavy atom. The quantitative estimate of drug-likeness (QED) is 0.721. The molecule has 0 amide bonds. The van der Waals surface area contributed by atoms with Crippen molar-refractivity contribution in [1.82, 2.24) is 4.98 Å². The number of rotatable bonds is 6. The normalized spacial score (nSPS) is 14.2. The molecule has 26 heavy (non-hydrogen) atoms. The molecule has 0 fully saturated rings. The number of aromatic nitrogens is 1. The van der Waals surface area contributed by atoms with Gasteiger partial charge in [0, 0.05) is 10.6 Å². The number of ether oxygens (including phenoxy) is 1. The highest BCUT2D eigenvalue weighted by Gasteiger charge is 2.21. The van der Waals surface area contributed by atoms with Crippen LogP contribution in [0, 0.1) is 5.92 Å². The van der Waals surface area contributed by atoms with Crippen molar-refractivity contribution in [3.05, 3.63) is 58.4 Å². The minimum Gasteiger partial charge on any atom is -0.493 e. The van der Waals surface area contributed by atoms with Crippen LogP contribution in [0.3, 0.4) is 0 Å². The summed E-state index contributed by atoms with van der Waals surface area (Å²) < 4.78 is 5.84. The average molecular weight is 372 g/mol. The Morgan fingerprint density at radius 2 is 2.00 bits per heavy atom. The van der Waals surface area contributed by atoms with Crippen LogP contribution >= 0.6 is 11.6 Å². The first-order chi connectivity index (χ1) is 12.5. The Kier molecular flexibility index (Phi) is 5.62. The number of hydrogen-bond acceptors (Lipinski definition) is 3. The van der Waals surface area contributed by atoms with Crippen molar-refractivity contribution in [2.24, 2.45) is 5.92 Å². The lowest BCUT2D eigenvalue weighted by atomic mass is 9.99. The van der Waals surface area contributed by atoms with Gasteiger partial charge in [-0.15, -0.1) is 0 Å². The number of allylic oxidation sites excluding steroid dienone is 2. The summed E-state index contributed by atoms with van der Waals surface area (Å²) in [6.07, 6.45) is 2.75. The molecule has 1 aromatic heterocycles. The molecule has 0 saturated heterocycles. The number of carbonyl (C=O) groups is 1. The maximum absolute atomic E-state index is 11.2. The van der Waals surface area contributed by atoms with Crippen LogP contribution in [0.15, 0.2) is 36.4 Å². The molecule has 0 aliphatic heterocycles. The van der Waals surface area contributed by atoms with Crippen LogP contribution in [0.4, 0.5) is 0 Å². The Bertz CT molecular complexity index is 858. The molecule has 0 spiro atoms. The lowest BCUT2D eigenvalue weighted by Gasteiger charge is -2.13. The van der Waals surface area contributed by atoms with Crippen LogP contribution < -0.4 is 4.74 Å². The van der Waals surface area contributed by atoms with Gasteiger partial charge in [-0.05, 0) is 66.7 Å². The largest absolute Gasteiger partial charge is 0.493 e. The summed E-state index contributed by atoms with van der Waals surface area (Å²) in [6.45, 7) is 4.86. The molecule has 5 heteroatoms. The fraction of sp³-hybridized carbons (Fsp3) is 0.333. The third-order valence-electron chi connectivity index (χ3n) is 4.34. The van der Waals surface area contributed by atoms with Gasteiger partial charge in [-0.2, -0.15) is 0 Å². The molecule has 4 nitrogen and oxygen atoms in total. The molecular formula is C21H22ClNO3. The average Bonchev–Trinajstić information content (AvgIpc) is 3.10. The van der Waals surface area contributed by atoms with Crippen molar-refractivity contribution in [1.29, 1.82) is 0 Å². The minimum atomic E-state index is -1.02. The van der Waals surface area contributed by atoms with Gasteiger partial charge in [0.25, 0.3) is 0 Å². The van der Waals surface area contributed by atoms with Crippen LogP contribution in [0.5, 0.6) is 5.75 Å². The van der Waals surface area contributed by atoms with Gasteiger partial charge in [0.05, 0.1) is 12.3 Å². The number of pyridine rings is 1.